The number of para-hydroxylation sites is 1. The van der Waals surface area contributed by atoms with Gasteiger partial charge in [0.15, 0.2) is 0 Å². The second kappa shape index (κ2) is 6.75. The Morgan fingerprint density at radius 3 is 2.70 bits per heavy atom. The van der Waals surface area contributed by atoms with Crippen LogP contribution in [0.5, 0.6) is 0 Å². The van der Waals surface area contributed by atoms with Crippen LogP contribution in [0.1, 0.15) is 24.7 Å². The lowest BCUT2D eigenvalue weighted by Crippen LogP contribution is -2.22. The second-order valence-electron chi connectivity index (χ2n) is 5.18. The van der Waals surface area contributed by atoms with Crippen LogP contribution in [0.4, 0.5) is 0 Å². The van der Waals surface area contributed by atoms with Crippen LogP contribution in [0.3, 0.4) is 0 Å². The molecule has 0 aliphatic carbocycles. The summed E-state index contributed by atoms with van der Waals surface area (Å²) in [6.45, 7) is 2.05. The van der Waals surface area contributed by atoms with Gasteiger partial charge in [0.1, 0.15) is 5.82 Å². The summed E-state index contributed by atoms with van der Waals surface area (Å²) in [7, 11) is 0. The molecule has 0 N–H and O–H groups in total. The van der Waals surface area contributed by atoms with E-state index in [2.05, 4.69) is 10.1 Å². The average molecular weight is 326 g/mol. The molecule has 0 aliphatic heterocycles. The van der Waals surface area contributed by atoms with Crippen molar-refractivity contribution in [3.05, 3.63) is 75.3 Å². The molecule has 0 atom stereocenters. The van der Waals surface area contributed by atoms with Gasteiger partial charge < -0.3 is 0 Å². The predicted molar refractivity (Wildman–Crippen MR) is 94.4 cm³/mol. The molecule has 1 heterocycles. The minimum Gasteiger partial charge on any atom is -0.267 e. The normalized spacial score (nSPS) is 11.4. The maximum absolute atomic E-state index is 12.7. The molecule has 1 aromatic heterocycles. The van der Waals surface area contributed by atoms with E-state index in [-0.39, 0.29) is 5.56 Å². The third kappa shape index (κ3) is 3.17. The number of rotatable bonds is 4. The summed E-state index contributed by atoms with van der Waals surface area (Å²) in [4.78, 5) is 17.3. The third-order valence-electron chi connectivity index (χ3n) is 3.51. The van der Waals surface area contributed by atoms with E-state index in [9.17, 15) is 4.79 Å². The summed E-state index contributed by atoms with van der Waals surface area (Å²) in [6, 6.07) is 14.7. The Hall–Kier alpha value is -2.46. The van der Waals surface area contributed by atoms with Crippen molar-refractivity contribution in [1.29, 1.82) is 0 Å². The zero-order chi connectivity index (χ0) is 16.2. The number of fused-ring (bicyclic) bond motifs is 1. The van der Waals surface area contributed by atoms with Crippen LogP contribution in [0, 0.1) is 0 Å². The minimum absolute atomic E-state index is 0.164. The fourth-order valence-corrected chi connectivity index (χ4v) is 2.56. The van der Waals surface area contributed by atoms with E-state index in [1.165, 1.54) is 4.68 Å². The summed E-state index contributed by atoms with van der Waals surface area (Å²) in [6.07, 6.45) is 3.16. The fourth-order valence-electron chi connectivity index (χ4n) is 2.37. The highest BCUT2D eigenvalue weighted by Crippen LogP contribution is 2.13. The molecule has 0 radical (unpaired) electrons. The van der Waals surface area contributed by atoms with Crippen LogP contribution >= 0.6 is 11.6 Å². The lowest BCUT2D eigenvalue weighted by molar-refractivity contribution is 0.704. The van der Waals surface area contributed by atoms with E-state index >= 15 is 0 Å². The summed E-state index contributed by atoms with van der Waals surface area (Å²) < 4.78 is 1.37. The molecule has 0 aliphatic rings. The fraction of sp³-hybridized carbons (Fsp3) is 0.167. The number of halogens is 1. The van der Waals surface area contributed by atoms with Crippen molar-refractivity contribution >= 4 is 28.7 Å². The summed E-state index contributed by atoms with van der Waals surface area (Å²) in [5.74, 6) is 0.652. The van der Waals surface area contributed by atoms with E-state index in [1.54, 1.807) is 18.3 Å². The molecule has 0 bridgehead atoms. The van der Waals surface area contributed by atoms with E-state index in [4.69, 9.17) is 11.6 Å². The molecule has 0 spiro atoms. The highest BCUT2D eigenvalue weighted by atomic mass is 35.5. The van der Waals surface area contributed by atoms with Crippen molar-refractivity contribution in [2.45, 2.75) is 19.8 Å². The van der Waals surface area contributed by atoms with Crippen LogP contribution in [-0.2, 0) is 6.42 Å². The molecular formula is C18H16ClN3O. The van der Waals surface area contributed by atoms with Crippen molar-refractivity contribution in [3.63, 3.8) is 0 Å². The van der Waals surface area contributed by atoms with Gasteiger partial charge in [-0.15, -0.1) is 0 Å². The largest absolute Gasteiger partial charge is 0.282 e. The van der Waals surface area contributed by atoms with Gasteiger partial charge >= 0.3 is 0 Å². The Bertz CT molecular complexity index is 931. The number of benzene rings is 2. The first-order valence-corrected chi connectivity index (χ1v) is 7.88. The lowest BCUT2D eigenvalue weighted by Gasteiger charge is -2.08. The molecule has 0 amide bonds. The van der Waals surface area contributed by atoms with Crippen LogP contribution in [0.2, 0.25) is 5.02 Å². The molecule has 0 saturated carbocycles. The second-order valence-corrected chi connectivity index (χ2v) is 5.59. The lowest BCUT2D eigenvalue weighted by atomic mass is 10.2. The quantitative estimate of drug-likeness (QED) is 0.683. The van der Waals surface area contributed by atoms with Crippen LogP contribution < -0.4 is 5.56 Å². The molecule has 5 heteroatoms. The monoisotopic (exact) mass is 325 g/mol. The predicted octanol–water partition coefficient (Wildman–Crippen LogP) is 3.88. The maximum atomic E-state index is 12.7. The van der Waals surface area contributed by atoms with Crippen molar-refractivity contribution < 1.29 is 0 Å². The summed E-state index contributed by atoms with van der Waals surface area (Å²) >= 11 is 6.13. The first-order valence-electron chi connectivity index (χ1n) is 7.50. The number of hydrogen-bond donors (Lipinski definition) is 0. The molecule has 0 unspecified atom stereocenters. The molecule has 0 saturated heterocycles. The molecule has 23 heavy (non-hydrogen) atoms. The third-order valence-corrected chi connectivity index (χ3v) is 3.86. The zero-order valence-corrected chi connectivity index (χ0v) is 13.5. The van der Waals surface area contributed by atoms with E-state index in [1.807, 2.05) is 43.3 Å². The first-order chi connectivity index (χ1) is 11.2. The Balaban J connectivity index is 2.15. The van der Waals surface area contributed by atoms with Crippen LogP contribution in [0.15, 0.2) is 58.4 Å². The molecule has 3 aromatic rings. The molecular weight excluding hydrogens is 310 g/mol. The van der Waals surface area contributed by atoms with Crippen molar-refractivity contribution in [1.82, 2.24) is 9.66 Å². The van der Waals surface area contributed by atoms with Gasteiger partial charge in [0, 0.05) is 17.0 Å². The van der Waals surface area contributed by atoms with E-state index in [0.717, 1.165) is 12.0 Å². The average Bonchev–Trinajstić information content (AvgIpc) is 2.56. The van der Waals surface area contributed by atoms with Gasteiger partial charge in [-0.3, -0.25) is 4.79 Å². The van der Waals surface area contributed by atoms with Gasteiger partial charge in [0.2, 0.25) is 0 Å². The van der Waals surface area contributed by atoms with E-state index < -0.39 is 0 Å². The van der Waals surface area contributed by atoms with E-state index in [0.29, 0.717) is 28.2 Å². The van der Waals surface area contributed by atoms with Gasteiger partial charge in [-0.25, -0.2) is 4.98 Å². The Kier molecular flexibility index (Phi) is 4.53. The van der Waals surface area contributed by atoms with Gasteiger partial charge in [-0.05, 0) is 24.6 Å². The molecule has 0 fully saturated rings. The molecule has 3 rings (SSSR count). The van der Waals surface area contributed by atoms with Crippen molar-refractivity contribution in [2.24, 2.45) is 5.10 Å². The Labute approximate surface area is 139 Å². The highest BCUT2D eigenvalue weighted by Gasteiger charge is 2.09. The first kappa shape index (κ1) is 15.4. The highest BCUT2D eigenvalue weighted by molar-refractivity contribution is 6.33. The van der Waals surface area contributed by atoms with Crippen molar-refractivity contribution in [3.8, 4) is 0 Å². The summed E-state index contributed by atoms with van der Waals surface area (Å²) in [5, 5.41) is 5.49. The van der Waals surface area contributed by atoms with Gasteiger partial charge in [0.05, 0.1) is 17.1 Å². The Morgan fingerprint density at radius 1 is 1.17 bits per heavy atom. The molecule has 2 aromatic carbocycles. The maximum Gasteiger partial charge on any atom is 0.282 e. The topological polar surface area (TPSA) is 47.2 Å². The number of aryl methyl sites for hydroxylation is 1. The van der Waals surface area contributed by atoms with Gasteiger partial charge in [0.25, 0.3) is 5.56 Å². The zero-order valence-electron chi connectivity index (χ0n) is 12.7. The SMILES string of the molecule is CCCc1nc2ccccc2c(=O)n1/N=C/c1ccccc1Cl. The molecule has 116 valence electrons. The summed E-state index contributed by atoms with van der Waals surface area (Å²) in [5.41, 5.74) is 1.30. The minimum atomic E-state index is -0.164. The number of aromatic nitrogens is 2. The molecule has 4 nitrogen and oxygen atoms in total. The Morgan fingerprint density at radius 2 is 1.91 bits per heavy atom. The smallest absolute Gasteiger partial charge is 0.267 e. The number of hydrogen-bond acceptors (Lipinski definition) is 3. The van der Waals surface area contributed by atoms with Crippen molar-refractivity contribution in [2.75, 3.05) is 0 Å². The number of nitrogens with zero attached hydrogens (tertiary/aromatic N) is 3. The van der Waals surface area contributed by atoms with Crippen LogP contribution in [-0.4, -0.2) is 15.9 Å². The standard InChI is InChI=1S/C18H16ClN3O/c1-2-7-17-21-16-11-6-4-9-14(16)18(23)22(17)20-12-13-8-3-5-10-15(13)19/h3-6,8-12H,2,7H2,1H3/b20-12+. The van der Waals surface area contributed by atoms with Gasteiger partial charge in [-0.2, -0.15) is 9.78 Å². The van der Waals surface area contributed by atoms with Crippen LogP contribution in [0.25, 0.3) is 10.9 Å². The van der Waals surface area contributed by atoms with Gasteiger partial charge in [-0.1, -0.05) is 48.9 Å².